The van der Waals surface area contributed by atoms with Gasteiger partial charge in [0.25, 0.3) is 0 Å². The van der Waals surface area contributed by atoms with Crippen LogP contribution in [0.5, 0.6) is 0 Å². The SMILES string of the molecule is Cc1ccc(C)c(CN2CCC(=C(C#N)C#N)C2)c1. The Morgan fingerprint density at radius 3 is 2.68 bits per heavy atom. The minimum atomic E-state index is 0.295. The molecule has 96 valence electrons. The van der Waals surface area contributed by atoms with Crippen molar-refractivity contribution in [1.29, 1.82) is 10.5 Å². The maximum absolute atomic E-state index is 8.89. The minimum absolute atomic E-state index is 0.295. The zero-order valence-corrected chi connectivity index (χ0v) is 11.4. The van der Waals surface area contributed by atoms with Crippen LogP contribution in [-0.4, -0.2) is 18.0 Å². The van der Waals surface area contributed by atoms with Crippen molar-refractivity contribution in [3.05, 3.63) is 46.0 Å². The van der Waals surface area contributed by atoms with Crippen molar-refractivity contribution >= 4 is 0 Å². The first-order valence-electron chi connectivity index (χ1n) is 6.44. The number of hydrogen-bond acceptors (Lipinski definition) is 3. The van der Waals surface area contributed by atoms with Crippen LogP contribution in [0.3, 0.4) is 0 Å². The second-order valence-corrected chi connectivity index (χ2v) is 5.09. The number of allylic oxidation sites excluding steroid dienone is 1. The summed E-state index contributed by atoms with van der Waals surface area (Å²) in [6, 6.07) is 10.5. The molecule has 0 N–H and O–H groups in total. The van der Waals surface area contributed by atoms with E-state index in [1.807, 2.05) is 12.1 Å². The summed E-state index contributed by atoms with van der Waals surface area (Å²) in [6.45, 7) is 6.78. The molecule has 0 spiro atoms. The Morgan fingerprint density at radius 2 is 2.00 bits per heavy atom. The molecule has 0 saturated carbocycles. The Hall–Kier alpha value is -2.10. The lowest BCUT2D eigenvalue weighted by molar-refractivity contribution is 0.336. The van der Waals surface area contributed by atoms with E-state index in [0.29, 0.717) is 5.57 Å². The van der Waals surface area contributed by atoms with Gasteiger partial charge >= 0.3 is 0 Å². The predicted octanol–water partition coefficient (Wildman–Crippen LogP) is 2.85. The van der Waals surface area contributed by atoms with E-state index in [9.17, 15) is 0 Å². The third kappa shape index (κ3) is 3.02. The van der Waals surface area contributed by atoms with E-state index in [0.717, 1.165) is 31.6 Å². The maximum atomic E-state index is 8.89. The Bertz CT molecular complexity index is 583. The average molecular weight is 251 g/mol. The fraction of sp³-hybridized carbons (Fsp3) is 0.375. The van der Waals surface area contributed by atoms with Crippen LogP contribution >= 0.6 is 0 Å². The predicted molar refractivity (Wildman–Crippen MR) is 74.1 cm³/mol. The standard InChI is InChI=1S/C16H17N3/c1-12-3-4-13(2)15(7-12)11-19-6-5-14(10-19)16(8-17)9-18/h3-4,7H,5-6,10-11H2,1-2H3. The first kappa shape index (κ1) is 13.3. The molecule has 1 saturated heterocycles. The average Bonchev–Trinajstić information content (AvgIpc) is 2.84. The van der Waals surface area contributed by atoms with E-state index in [1.54, 1.807) is 0 Å². The summed E-state index contributed by atoms with van der Waals surface area (Å²) in [6.07, 6.45) is 0.835. The van der Waals surface area contributed by atoms with Gasteiger partial charge in [-0.05, 0) is 37.0 Å². The number of rotatable bonds is 2. The number of nitrogens with zero attached hydrogens (tertiary/aromatic N) is 3. The highest BCUT2D eigenvalue weighted by Crippen LogP contribution is 2.22. The number of nitriles is 2. The summed E-state index contributed by atoms with van der Waals surface area (Å²) in [7, 11) is 0. The Labute approximate surface area is 114 Å². The van der Waals surface area contributed by atoms with Crippen molar-refractivity contribution in [2.45, 2.75) is 26.8 Å². The molecular weight excluding hydrogens is 234 g/mol. The van der Waals surface area contributed by atoms with Crippen LogP contribution in [0.25, 0.3) is 0 Å². The minimum Gasteiger partial charge on any atom is -0.295 e. The molecule has 0 atom stereocenters. The van der Waals surface area contributed by atoms with Gasteiger partial charge in [0.15, 0.2) is 0 Å². The third-order valence-electron chi connectivity index (χ3n) is 3.62. The van der Waals surface area contributed by atoms with Gasteiger partial charge in [0, 0.05) is 19.6 Å². The topological polar surface area (TPSA) is 50.8 Å². The molecule has 0 bridgehead atoms. The molecule has 1 heterocycles. The molecule has 19 heavy (non-hydrogen) atoms. The van der Waals surface area contributed by atoms with Gasteiger partial charge in [0.05, 0.1) is 0 Å². The van der Waals surface area contributed by atoms with E-state index >= 15 is 0 Å². The quantitative estimate of drug-likeness (QED) is 0.759. The summed E-state index contributed by atoms with van der Waals surface area (Å²) in [4.78, 5) is 2.30. The van der Waals surface area contributed by atoms with Gasteiger partial charge < -0.3 is 0 Å². The van der Waals surface area contributed by atoms with Crippen LogP contribution in [-0.2, 0) is 6.54 Å². The number of likely N-dealkylation sites (tertiary alicyclic amines) is 1. The first-order chi connectivity index (χ1) is 9.13. The van der Waals surface area contributed by atoms with Crippen molar-refractivity contribution in [1.82, 2.24) is 4.90 Å². The van der Waals surface area contributed by atoms with E-state index in [4.69, 9.17) is 10.5 Å². The highest BCUT2D eigenvalue weighted by Gasteiger charge is 2.20. The molecule has 0 unspecified atom stereocenters. The van der Waals surface area contributed by atoms with Gasteiger partial charge in [0.1, 0.15) is 17.7 Å². The summed E-state index contributed by atoms with van der Waals surface area (Å²) < 4.78 is 0. The van der Waals surface area contributed by atoms with E-state index in [-0.39, 0.29) is 0 Å². The number of aryl methyl sites for hydroxylation is 2. The molecule has 1 fully saturated rings. The van der Waals surface area contributed by atoms with Gasteiger partial charge in [-0.25, -0.2) is 0 Å². The van der Waals surface area contributed by atoms with Crippen LogP contribution in [0.4, 0.5) is 0 Å². The lowest BCUT2D eigenvalue weighted by Crippen LogP contribution is -2.19. The van der Waals surface area contributed by atoms with Crippen LogP contribution in [0, 0.1) is 36.5 Å². The van der Waals surface area contributed by atoms with E-state index in [2.05, 4.69) is 36.9 Å². The molecule has 1 aromatic rings. The van der Waals surface area contributed by atoms with E-state index in [1.165, 1.54) is 16.7 Å². The molecule has 0 amide bonds. The summed E-state index contributed by atoms with van der Waals surface area (Å²) in [5, 5.41) is 17.8. The summed E-state index contributed by atoms with van der Waals surface area (Å²) in [5.74, 6) is 0. The smallest absolute Gasteiger partial charge is 0.130 e. The first-order valence-corrected chi connectivity index (χ1v) is 6.44. The number of hydrogen-bond donors (Lipinski definition) is 0. The van der Waals surface area contributed by atoms with Gasteiger partial charge in [0.2, 0.25) is 0 Å². The van der Waals surface area contributed by atoms with Crippen LogP contribution in [0.1, 0.15) is 23.1 Å². The van der Waals surface area contributed by atoms with Gasteiger partial charge in [-0.3, -0.25) is 4.90 Å². The van der Waals surface area contributed by atoms with Crippen LogP contribution in [0.15, 0.2) is 29.3 Å². The summed E-state index contributed by atoms with van der Waals surface area (Å²) >= 11 is 0. The molecule has 1 aliphatic rings. The molecule has 3 heteroatoms. The highest BCUT2D eigenvalue weighted by molar-refractivity contribution is 5.42. The molecule has 3 nitrogen and oxygen atoms in total. The zero-order chi connectivity index (χ0) is 13.8. The Kier molecular flexibility index (Phi) is 4.00. The molecule has 1 aliphatic heterocycles. The molecule has 0 radical (unpaired) electrons. The van der Waals surface area contributed by atoms with Crippen LogP contribution < -0.4 is 0 Å². The second kappa shape index (κ2) is 5.69. The van der Waals surface area contributed by atoms with Gasteiger partial charge in [-0.1, -0.05) is 23.8 Å². The van der Waals surface area contributed by atoms with Crippen molar-refractivity contribution in [2.75, 3.05) is 13.1 Å². The largest absolute Gasteiger partial charge is 0.295 e. The van der Waals surface area contributed by atoms with Gasteiger partial charge in [-0.15, -0.1) is 0 Å². The van der Waals surface area contributed by atoms with Crippen molar-refractivity contribution in [2.24, 2.45) is 0 Å². The van der Waals surface area contributed by atoms with E-state index < -0.39 is 0 Å². The molecule has 0 aliphatic carbocycles. The van der Waals surface area contributed by atoms with Crippen LogP contribution in [0.2, 0.25) is 0 Å². The van der Waals surface area contributed by atoms with Gasteiger partial charge in [-0.2, -0.15) is 10.5 Å². The molecule has 1 aromatic carbocycles. The maximum Gasteiger partial charge on any atom is 0.130 e. The molecular formula is C16H17N3. The fourth-order valence-corrected chi connectivity index (χ4v) is 2.45. The van der Waals surface area contributed by atoms with Crippen molar-refractivity contribution in [3.8, 4) is 12.1 Å². The fourth-order valence-electron chi connectivity index (χ4n) is 2.45. The Balaban J connectivity index is 2.12. The summed E-state index contributed by atoms with van der Waals surface area (Å²) in [5.41, 5.74) is 5.17. The Morgan fingerprint density at radius 1 is 1.26 bits per heavy atom. The lowest BCUT2D eigenvalue weighted by atomic mass is 10.1. The second-order valence-electron chi connectivity index (χ2n) is 5.09. The highest BCUT2D eigenvalue weighted by atomic mass is 15.1. The zero-order valence-electron chi connectivity index (χ0n) is 11.4. The lowest BCUT2D eigenvalue weighted by Gasteiger charge is -2.16. The monoisotopic (exact) mass is 251 g/mol. The molecule has 0 aromatic heterocycles. The third-order valence-corrected chi connectivity index (χ3v) is 3.62. The van der Waals surface area contributed by atoms with Crippen molar-refractivity contribution in [3.63, 3.8) is 0 Å². The normalized spacial score (nSPS) is 15.1. The number of benzene rings is 1. The molecule has 2 rings (SSSR count). The van der Waals surface area contributed by atoms with Crippen molar-refractivity contribution < 1.29 is 0 Å².